The van der Waals surface area contributed by atoms with Gasteiger partial charge in [-0.3, -0.25) is 15.0 Å². The summed E-state index contributed by atoms with van der Waals surface area (Å²) in [5.41, 5.74) is 0.855. The normalized spacial score (nSPS) is 17.4. The van der Waals surface area contributed by atoms with Crippen LogP contribution < -0.4 is 0 Å². The van der Waals surface area contributed by atoms with Gasteiger partial charge in [-0.1, -0.05) is 11.6 Å². The molecule has 0 N–H and O–H groups in total. The van der Waals surface area contributed by atoms with Gasteiger partial charge in [0.1, 0.15) is 0 Å². The highest BCUT2D eigenvalue weighted by molar-refractivity contribution is 6.34. The fourth-order valence-electron chi connectivity index (χ4n) is 2.53. The molecule has 3 rings (SSSR count). The lowest BCUT2D eigenvalue weighted by Crippen LogP contribution is -2.45. The standard InChI is InChI=1S/C13H16ClN5O2/c1-16-4-6-17(7-5-16)9-18-12-3-2-10(19(20)21)8-11(12)13(14)15-18/h2-3,8H,4-7,9H2,1H3. The van der Waals surface area contributed by atoms with Crippen LogP contribution in [0.25, 0.3) is 10.9 Å². The molecule has 0 bridgehead atoms. The molecule has 0 spiro atoms. The van der Waals surface area contributed by atoms with Crippen LogP contribution in [0.5, 0.6) is 0 Å². The van der Waals surface area contributed by atoms with Crippen LogP contribution in [0, 0.1) is 10.1 Å². The number of non-ortho nitro benzene ring substituents is 1. The predicted octanol–water partition coefficient (Wildman–Crippen LogP) is 1.80. The highest BCUT2D eigenvalue weighted by atomic mass is 35.5. The molecular weight excluding hydrogens is 294 g/mol. The smallest absolute Gasteiger partial charge is 0.270 e. The lowest BCUT2D eigenvalue weighted by Gasteiger charge is -2.32. The minimum Gasteiger partial charge on any atom is -0.304 e. The van der Waals surface area contributed by atoms with Crippen molar-refractivity contribution in [2.45, 2.75) is 6.67 Å². The van der Waals surface area contributed by atoms with Crippen molar-refractivity contribution in [1.82, 2.24) is 19.6 Å². The molecule has 7 nitrogen and oxygen atoms in total. The van der Waals surface area contributed by atoms with E-state index in [1.165, 1.54) is 12.1 Å². The summed E-state index contributed by atoms with van der Waals surface area (Å²) >= 11 is 6.11. The Labute approximate surface area is 126 Å². The molecule has 0 unspecified atom stereocenters. The van der Waals surface area contributed by atoms with Gasteiger partial charge in [0.2, 0.25) is 0 Å². The summed E-state index contributed by atoms with van der Waals surface area (Å²) in [4.78, 5) is 15.0. The molecule has 1 aromatic heterocycles. The monoisotopic (exact) mass is 309 g/mol. The van der Waals surface area contributed by atoms with Gasteiger partial charge in [-0.2, -0.15) is 5.10 Å². The van der Waals surface area contributed by atoms with Crippen LogP contribution in [0.3, 0.4) is 0 Å². The van der Waals surface area contributed by atoms with Gasteiger partial charge in [0.05, 0.1) is 17.1 Å². The zero-order valence-corrected chi connectivity index (χ0v) is 12.5. The molecule has 1 aromatic carbocycles. The van der Waals surface area contributed by atoms with Gasteiger partial charge in [0.25, 0.3) is 5.69 Å². The Morgan fingerprint density at radius 3 is 2.71 bits per heavy atom. The highest BCUT2D eigenvalue weighted by Crippen LogP contribution is 2.27. The summed E-state index contributed by atoms with van der Waals surface area (Å²) in [5.74, 6) is 0. The van der Waals surface area contributed by atoms with Crippen LogP contribution >= 0.6 is 11.6 Å². The number of hydrogen-bond acceptors (Lipinski definition) is 5. The van der Waals surface area contributed by atoms with E-state index in [0.717, 1.165) is 31.7 Å². The highest BCUT2D eigenvalue weighted by Gasteiger charge is 2.18. The average molecular weight is 310 g/mol. The third kappa shape index (κ3) is 2.85. The van der Waals surface area contributed by atoms with Gasteiger partial charge in [-0.25, -0.2) is 4.68 Å². The molecule has 1 saturated heterocycles. The maximum absolute atomic E-state index is 10.8. The third-order valence-corrected chi connectivity index (χ3v) is 4.11. The molecule has 2 aromatic rings. The second-order valence-corrected chi connectivity index (χ2v) is 5.67. The predicted molar refractivity (Wildman–Crippen MR) is 80.5 cm³/mol. The van der Waals surface area contributed by atoms with Gasteiger partial charge in [-0.15, -0.1) is 0 Å². The molecule has 1 aliphatic rings. The minimum atomic E-state index is -0.423. The van der Waals surface area contributed by atoms with Crippen LogP contribution in [-0.2, 0) is 6.67 Å². The summed E-state index contributed by atoms with van der Waals surface area (Å²) in [6.45, 7) is 4.65. The molecule has 0 amide bonds. The van der Waals surface area contributed by atoms with Crippen LogP contribution in [0.4, 0.5) is 5.69 Å². The number of nitrogens with zero attached hydrogens (tertiary/aromatic N) is 5. The fourth-order valence-corrected chi connectivity index (χ4v) is 2.77. The van der Waals surface area contributed by atoms with Gasteiger partial charge in [0.15, 0.2) is 5.15 Å². The molecule has 1 aliphatic heterocycles. The molecule has 2 heterocycles. The van der Waals surface area contributed by atoms with Crippen molar-refractivity contribution in [3.8, 4) is 0 Å². The van der Waals surface area contributed by atoms with Crippen molar-refractivity contribution in [3.05, 3.63) is 33.5 Å². The maximum atomic E-state index is 10.8. The second-order valence-electron chi connectivity index (χ2n) is 5.31. The second kappa shape index (κ2) is 5.59. The van der Waals surface area contributed by atoms with E-state index in [0.29, 0.717) is 17.2 Å². The van der Waals surface area contributed by atoms with Crippen molar-refractivity contribution < 1.29 is 4.92 Å². The summed E-state index contributed by atoms with van der Waals surface area (Å²) in [5, 5.41) is 16.1. The Bertz CT molecular complexity index is 678. The minimum absolute atomic E-state index is 0.0311. The lowest BCUT2D eigenvalue weighted by atomic mass is 10.2. The fraction of sp³-hybridized carbons (Fsp3) is 0.462. The van der Waals surface area contributed by atoms with E-state index < -0.39 is 4.92 Å². The molecule has 112 valence electrons. The maximum Gasteiger partial charge on any atom is 0.270 e. The van der Waals surface area contributed by atoms with Gasteiger partial charge >= 0.3 is 0 Å². The number of piperazine rings is 1. The van der Waals surface area contributed by atoms with Crippen molar-refractivity contribution in [1.29, 1.82) is 0 Å². The van der Waals surface area contributed by atoms with Gasteiger partial charge in [-0.05, 0) is 13.1 Å². The zero-order valence-electron chi connectivity index (χ0n) is 11.7. The Hall–Kier alpha value is -1.70. The van der Waals surface area contributed by atoms with E-state index in [-0.39, 0.29) is 5.69 Å². The van der Waals surface area contributed by atoms with Crippen molar-refractivity contribution in [2.24, 2.45) is 0 Å². The topological polar surface area (TPSA) is 67.4 Å². The third-order valence-electron chi connectivity index (χ3n) is 3.83. The summed E-state index contributed by atoms with van der Waals surface area (Å²) < 4.78 is 1.81. The Balaban J connectivity index is 1.87. The molecular formula is C13H16ClN5O2. The van der Waals surface area contributed by atoms with Crippen LogP contribution in [0.1, 0.15) is 0 Å². The first-order valence-electron chi connectivity index (χ1n) is 6.76. The summed E-state index contributed by atoms with van der Waals surface area (Å²) in [6, 6.07) is 4.67. The van der Waals surface area contributed by atoms with E-state index >= 15 is 0 Å². The first-order valence-corrected chi connectivity index (χ1v) is 7.14. The van der Waals surface area contributed by atoms with E-state index in [9.17, 15) is 10.1 Å². The summed E-state index contributed by atoms with van der Waals surface area (Å²) in [6.07, 6.45) is 0. The van der Waals surface area contributed by atoms with E-state index in [1.807, 2.05) is 4.68 Å². The number of likely N-dealkylation sites (N-methyl/N-ethyl adjacent to an activating group) is 1. The Kier molecular flexibility index (Phi) is 3.79. The quantitative estimate of drug-likeness (QED) is 0.639. The zero-order chi connectivity index (χ0) is 15.0. The van der Waals surface area contributed by atoms with Gasteiger partial charge in [0, 0.05) is 43.7 Å². The molecule has 0 radical (unpaired) electrons. The van der Waals surface area contributed by atoms with Crippen LogP contribution in [0.2, 0.25) is 5.15 Å². The number of fused-ring (bicyclic) bond motifs is 1. The average Bonchev–Trinajstić information content (AvgIpc) is 2.77. The van der Waals surface area contributed by atoms with Gasteiger partial charge < -0.3 is 4.90 Å². The number of aromatic nitrogens is 2. The van der Waals surface area contributed by atoms with Crippen molar-refractivity contribution in [3.63, 3.8) is 0 Å². The molecule has 0 saturated carbocycles. The SMILES string of the molecule is CN1CCN(Cn2nc(Cl)c3cc([N+](=O)[O-])ccc32)CC1. The Morgan fingerprint density at radius 1 is 1.33 bits per heavy atom. The number of benzene rings is 1. The number of hydrogen-bond donors (Lipinski definition) is 0. The Morgan fingerprint density at radius 2 is 2.05 bits per heavy atom. The summed E-state index contributed by atoms with van der Waals surface area (Å²) in [7, 11) is 2.11. The number of rotatable bonds is 3. The molecule has 21 heavy (non-hydrogen) atoms. The first kappa shape index (κ1) is 14.2. The van der Waals surface area contributed by atoms with E-state index in [2.05, 4.69) is 21.9 Å². The van der Waals surface area contributed by atoms with Crippen LogP contribution in [-0.4, -0.2) is 57.7 Å². The van der Waals surface area contributed by atoms with Crippen molar-refractivity contribution in [2.75, 3.05) is 33.2 Å². The first-order chi connectivity index (χ1) is 10.0. The largest absolute Gasteiger partial charge is 0.304 e. The molecule has 8 heteroatoms. The van der Waals surface area contributed by atoms with Crippen molar-refractivity contribution >= 4 is 28.2 Å². The lowest BCUT2D eigenvalue weighted by molar-refractivity contribution is -0.384. The number of halogens is 1. The number of nitro groups is 1. The molecule has 1 fully saturated rings. The number of nitro benzene ring substituents is 1. The van der Waals surface area contributed by atoms with E-state index in [4.69, 9.17) is 11.6 Å². The van der Waals surface area contributed by atoms with E-state index in [1.54, 1.807) is 6.07 Å². The molecule has 0 aliphatic carbocycles. The molecule has 0 atom stereocenters. The van der Waals surface area contributed by atoms with Crippen LogP contribution in [0.15, 0.2) is 18.2 Å².